The van der Waals surface area contributed by atoms with Crippen molar-refractivity contribution >= 4 is 28.5 Å². The molecular formula is C18H14N6. The first kappa shape index (κ1) is 15.3. The Morgan fingerprint density at radius 2 is 1.92 bits per heavy atom. The van der Waals surface area contributed by atoms with Gasteiger partial charge in [-0.15, -0.1) is 0 Å². The van der Waals surface area contributed by atoms with Crippen LogP contribution in [0.4, 0.5) is 0 Å². The van der Waals surface area contributed by atoms with Gasteiger partial charge in [-0.1, -0.05) is 12.1 Å². The van der Waals surface area contributed by atoms with Crippen LogP contribution in [0.1, 0.15) is 16.7 Å². The minimum atomic E-state index is 0.0875. The molecule has 1 aromatic carbocycles. The van der Waals surface area contributed by atoms with Crippen molar-refractivity contribution in [2.24, 2.45) is 15.7 Å². The van der Waals surface area contributed by atoms with Crippen molar-refractivity contribution in [3.05, 3.63) is 65.5 Å². The van der Waals surface area contributed by atoms with E-state index < -0.39 is 0 Å². The molecule has 1 aromatic heterocycles. The fourth-order valence-corrected chi connectivity index (χ4v) is 2.55. The van der Waals surface area contributed by atoms with Crippen molar-refractivity contribution < 1.29 is 0 Å². The number of nitrogens with two attached hydrogens (primary N) is 1. The third-order valence-electron chi connectivity index (χ3n) is 3.66. The third-order valence-corrected chi connectivity index (χ3v) is 3.66. The number of nitrogens with zero attached hydrogens (tertiary/aromatic N) is 4. The van der Waals surface area contributed by atoms with Gasteiger partial charge in [0.1, 0.15) is 5.71 Å². The van der Waals surface area contributed by atoms with E-state index in [1.165, 1.54) is 0 Å². The third kappa shape index (κ3) is 2.59. The first-order valence-corrected chi connectivity index (χ1v) is 7.21. The molecule has 0 fully saturated rings. The molecule has 2 aromatic rings. The van der Waals surface area contributed by atoms with E-state index in [1.807, 2.05) is 18.2 Å². The SMILES string of the molecule is CN=C1C(=N)C(N)=NC(c2cccc(C#N)c2)=C1c1ccncc1. The van der Waals surface area contributed by atoms with E-state index in [1.54, 1.807) is 37.6 Å². The van der Waals surface area contributed by atoms with Crippen molar-refractivity contribution in [3.63, 3.8) is 0 Å². The number of rotatable bonds is 2. The first-order chi connectivity index (χ1) is 11.7. The molecule has 1 aliphatic heterocycles. The van der Waals surface area contributed by atoms with Gasteiger partial charge in [0.25, 0.3) is 0 Å². The Morgan fingerprint density at radius 3 is 2.58 bits per heavy atom. The topological polar surface area (TPSA) is 111 Å². The molecule has 3 N–H and O–H groups in total. The molecule has 3 rings (SSSR count). The van der Waals surface area contributed by atoms with Crippen molar-refractivity contribution in [2.45, 2.75) is 0 Å². The number of hydrogen-bond acceptors (Lipinski definition) is 6. The molecule has 0 saturated heterocycles. The normalized spacial score (nSPS) is 16.1. The van der Waals surface area contributed by atoms with Crippen LogP contribution in [0.2, 0.25) is 0 Å². The van der Waals surface area contributed by atoms with Crippen LogP contribution in [0, 0.1) is 16.7 Å². The summed E-state index contributed by atoms with van der Waals surface area (Å²) in [6.07, 6.45) is 3.34. The van der Waals surface area contributed by atoms with Gasteiger partial charge in [0, 0.05) is 30.6 Å². The lowest BCUT2D eigenvalue weighted by molar-refractivity contribution is 1.31. The van der Waals surface area contributed by atoms with Crippen LogP contribution in [0.25, 0.3) is 11.3 Å². The van der Waals surface area contributed by atoms with Gasteiger partial charge in [-0.3, -0.25) is 15.4 Å². The Balaban J connectivity index is 2.34. The van der Waals surface area contributed by atoms with Crippen LogP contribution in [0.3, 0.4) is 0 Å². The lowest BCUT2D eigenvalue weighted by Gasteiger charge is -2.20. The summed E-state index contributed by atoms with van der Waals surface area (Å²) in [6.45, 7) is 0. The lowest BCUT2D eigenvalue weighted by atomic mass is 9.91. The molecule has 6 heteroatoms. The zero-order valence-electron chi connectivity index (χ0n) is 13.0. The molecular weight excluding hydrogens is 300 g/mol. The summed E-state index contributed by atoms with van der Waals surface area (Å²) in [5.41, 5.74) is 9.87. The Bertz CT molecular complexity index is 945. The molecule has 24 heavy (non-hydrogen) atoms. The maximum Gasteiger partial charge on any atom is 0.151 e. The maximum atomic E-state index is 9.14. The second-order valence-corrected chi connectivity index (χ2v) is 5.10. The van der Waals surface area contributed by atoms with Crippen LogP contribution in [-0.4, -0.2) is 29.3 Å². The molecule has 0 radical (unpaired) electrons. The van der Waals surface area contributed by atoms with Crippen LogP contribution in [0.15, 0.2) is 58.8 Å². The van der Waals surface area contributed by atoms with E-state index in [0.717, 1.165) is 11.1 Å². The number of pyridine rings is 1. The maximum absolute atomic E-state index is 9.14. The van der Waals surface area contributed by atoms with Crippen molar-refractivity contribution in [1.29, 1.82) is 10.7 Å². The van der Waals surface area contributed by atoms with Gasteiger partial charge in [0.15, 0.2) is 5.84 Å². The van der Waals surface area contributed by atoms with Crippen molar-refractivity contribution in [1.82, 2.24) is 4.98 Å². The van der Waals surface area contributed by atoms with Gasteiger partial charge < -0.3 is 5.73 Å². The highest BCUT2D eigenvalue weighted by atomic mass is 14.9. The highest BCUT2D eigenvalue weighted by Gasteiger charge is 2.26. The number of aliphatic imine (C=N–C) groups is 2. The molecule has 0 bridgehead atoms. The first-order valence-electron chi connectivity index (χ1n) is 7.21. The predicted octanol–water partition coefficient (Wildman–Crippen LogP) is 2.28. The van der Waals surface area contributed by atoms with Crippen LogP contribution < -0.4 is 5.73 Å². The molecule has 1 aliphatic rings. The summed E-state index contributed by atoms with van der Waals surface area (Å²) in [5, 5.41) is 17.3. The number of amidine groups is 1. The Labute approximate surface area is 139 Å². The van der Waals surface area contributed by atoms with Crippen LogP contribution >= 0.6 is 0 Å². The van der Waals surface area contributed by atoms with E-state index >= 15 is 0 Å². The number of hydrogen-bond donors (Lipinski definition) is 2. The van der Waals surface area contributed by atoms with Gasteiger partial charge in [-0.05, 0) is 29.8 Å². The lowest BCUT2D eigenvalue weighted by Crippen LogP contribution is -2.34. The van der Waals surface area contributed by atoms with Gasteiger partial charge in [-0.25, -0.2) is 4.99 Å². The van der Waals surface area contributed by atoms with Gasteiger partial charge in [0.05, 0.1) is 23.0 Å². The monoisotopic (exact) mass is 314 g/mol. The predicted molar refractivity (Wildman–Crippen MR) is 94.9 cm³/mol. The fraction of sp³-hybridized carbons (Fsp3) is 0.0556. The smallest absolute Gasteiger partial charge is 0.151 e. The Morgan fingerprint density at radius 1 is 1.17 bits per heavy atom. The molecule has 6 nitrogen and oxygen atoms in total. The summed E-state index contributed by atoms with van der Waals surface area (Å²) in [7, 11) is 1.62. The van der Waals surface area contributed by atoms with Gasteiger partial charge >= 0.3 is 0 Å². The second-order valence-electron chi connectivity index (χ2n) is 5.10. The molecule has 0 aliphatic carbocycles. The fourth-order valence-electron chi connectivity index (χ4n) is 2.55. The number of nitriles is 1. The summed E-state index contributed by atoms with van der Waals surface area (Å²) in [6, 6.07) is 12.9. The standard InChI is InChI=1S/C18H14N6/c1-22-17-14(12-5-7-23-8-6-12)16(24-18(21)15(17)20)13-4-2-3-11(9-13)10-19/h2-9,20H,1H3,(H2,21,24). The van der Waals surface area contributed by atoms with E-state index in [4.69, 9.17) is 16.4 Å². The molecule has 0 amide bonds. The van der Waals surface area contributed by atoms with E-state index in [9.17, 15) is 0 Å². The highest BCUT2D eigenvalue weighted by Crippen LogP contribution is 2.32. The number of benzene rings is 1. The molecule has 2 heterocycles. The molecule has 0 atom stereocenters. The molecule has 0 saturated carbocycles. The number of aromatic nitrogens is 1. The van der Waals surface area contributed by atoms with Crippen molar-refractivity contribution in [2.75, 3.05) is 7.05 Å². The molecule has 116 valence electrons. The quantitative estimate of drug-likeness (QED) is 0.886. The summed E-state index contributed by atoms with van der Waals surface area (Å²) in [4.78, 5) is 12.7. The van der Waals surface area contributed by atoms with Crippen LogP contribution in [0.5, 0.6) is 0 Å². The highest BCUT2D eigenvalue weighted by molar-refractivity contribution is 6.77. The summed E-state index contributed by atoms with van der Waals surface area (Å²) >= 11 is 0. The zero-order valence-corrected chi connectivity index (χ0v) is 13.0. The van der Waals surface area contributed by atoms with E-state index in [-0.39, 0.29) is 11.5 Å². The van der Waals surface area contributed by atoms with E-state index in [0.29, 0.717) is 22.5 Å². The Kier molecular flexibility index (Phi) is 4.00. The number of nitrogens with one attached hydrogen (secondary N) is 1. The zero-order chi connectivity index (χ0) is 17.1. The largest absolute Gasteiger partial charge is 0.382 e. The average Bonchev–Trinajstić information content (AvgIpc) is 2.64. The van der Waals surface area contributed by atoms with Crippen molar-refractivity contribution in [3.8, 4) is 6.07 Å². The second kappa shape index (κ2) is 6.26. The minimum absolute atomic E-state index is 0.0875. The minimum Gasteiger partial charge on any atom is -0.382 e. The van der Waals surface area contributed by atoms with Gasteiger partial charge in [-0.2, -0.15) is 5.26 Å². The average molecular weight is 314 g/mol. The molecule has 0 spiro atoms. The molecule has 0 unspecified atom stereocenters. The van der Waals surface area contributed by atoms with Crippen LogP contribution in [-0.2, 0) is 0 Å². The summed E-state index contributed by atoms with van der Waals surface area (Å²) in [5.74, 6) is 0.103. The number of allylic oxidation sites excluding steroid dienone is 1. The van der Waals surface area contributed by atoms with E-state index in [2.05, 4.69) is 21.0 Å². The summed E-state index contributed by atoms with van der Waals surface area (Å²) < 4.78 is 0. The van der Waals surface area contributed by atoms with Gasteiger partial charge in [0.2, 0.25) is 0 Å². The Hall–Kier alpha value is -3.59.